The van der Waals surface area contributed by atoms with E-state index >= 15 is 0 Å². The number of nitrogens with zero attached hydrogens (tertiary/aromatic N) is 3. The molecule has 0 radical (unpaired) electrons. The first kappa shape index (κ1) is 21.2. The van der Waals surface area contributed by atoms with E-state index in [2.05, 4.69) is 15.4 Å². The lowest BCUT2D eigenvalue weighted by atomic mass is 9.35. The minimum atomic E-state index is -0.405. The standard InChI is InChI=1S/C25H23ClFN5O2/c26-19-9-28-21-6-20(27)16(5-18(19)21)7-29-23(34)17-8-30-32(10-17)15-25-11-24(12-25,13-25)14-31-4-2-1-3-22(31)33/h1-6,8-10,28H,7,11-15H2,(H,29,34). The van der Waals surface area contributed by atoms with Crippen molar-refractivity contribution in [2.45, 2.75) is 38.9 Å². The van der Waals surface area contributed by atoms with Crippen LogP contribution < -0.4 is 10.9 Å². The Morgan fingerprint density at radius 2 is 2.00 bits per heavy atom. The van der Waals surface area contributed by atoms with Crippen molar-refractivity contribution in [2.75, 3.05) is 0 Å². The summed E-state index contributed by atoms with van der Waals surface area (Å²) in [6, 6.07) is 8.28. The molecule has 7 rings (SSSR count). The molecule has 3 fully saturated rings. The first-order chi connectivity index (χ1) is 16.3. The monoisotopic (exact) mass is 479 g/mol. The van der Waals surface area contributed by atoms with Crippen molar-refractivity contribution in [3.63, 3.8) is 0 Å². The minimum absolute atomic E-state index is 0.0417. The summed E-state index contributed by atoms with van der Waals surface area (Å²) in [6.45, 7) is 1.57. The minimum Gasteiger partial charge on any atom is -0.360 e. The lowest BCUT2D eigenvalue weighted by Crippen LogP contribution is -2.65. The van der Waals surface area contributed by atoms with Crippen LogP contribution in [0.5, 0.6) is 0 Å². The molecule has 1 amide bonds. The zero-order chi connectivity index (χ0) is 23.5. The highest BCUT2D eigenvalue weighted by atomic mass is 35.5. The molecule has 3 saturated carbocycles. The van der Waals surface area contributed by atoms with Gasteiger partial charge in [-0.25, -0.2) is 4.39 Å². The van der Waals surface area contributed by atoms with Crippen molar-refractivity contribution in [2.24, 2.45) is 10.8 Å². The smallest absolute Gasteiger partial charge is 0.254 e. The third-order valence-electron chi connectivity index (χ3n) is 7.29. The summed E-state index contributed by atoms with van der Waals surface area (Å²) in [6.07, 6.45) is 9.93. The number of carbonyl (C=O) groups is 1. The Morgan fingerprint density at radius 3 is 2.79 bits per heavy atom. The molecule has 0 spiro atoms. The second kappa shape index (κ2) is 7.56. The van der Waals surface area contributed by atoms with Gasteiger partial charge in [0.1, 0.15) is 5.82 Å². The number of aromatic amines is 1. The zero-order valence-corrected chi connectivity index (χ0v) is 19.1. The number of H-pyrrole nitrogens is 1. The first-order valence-electron chi connectivity index (χ1n) is 11.3. The Hall–Kier alpha value is -3.39. The second-order valence-electron chi connectivity index (χ2n) is 9.93. The fraction of sp³-hybridized carbons (Fsp3) is 0.320. The van der Waals surface area contributed by atoms with E-state index in [1.54, 1.807) is 41.4 Å². The van der Waals surface area contributed by atoms with Gasteiger partial charge in [0.25, 0.3) is 11.5 Å². The maximum atomic E-state index is 14.4. The highest BCUT2D eigenvalue weighted by molar-refractivity contribution is 6.35. The third kappa shape index (κ3) is 3.53. The summed E-state index contributed by atoms with van der Waals surface area (Å²) in [5, 5.41) is 8.37. The Bertz CT molecular complexity index is 1470. The van der Waals surface area contributed by atoms with E-state index < -0.39 is 5.82 Å². The Morgan fingerprint density at radius 1 is 1.21 bits per heavy atom. The molecule has 0 aliphatic heterocycles. The van der Waals surface area contributed by atoms with Crippen molar-refractivity contribution in [1.29, 1.82) is 0 Å². The Kier molecular flexibility index (Phi) is 4.71. The van der Waals surface area contributed by atoms with Gasteiger partial charge in [-0.1, -0.05) is 17.7 Å². The third-order valence-corrected chi connectivity index (χ3v) is 7.60. The molecule has 34 heavy (non-hydrogen) atoms. The molecular formula is C25H23ClFN5O2. The predicted octanol–water partition coefficient (Wildman–Crippen LogP) is 4.12. The lowest BCUT2D eigenvalue weighted by molar-refractivity contribution is -0.221. The zero-order valence-electron chi connectivity index (χ0n) is 18.4. The number of hydrogen-bond acceptors (Lipinski definition) is 3. The molecule has 4 aromatic rings. The van der Waals surface area contributed by atoms with Crippen LogP contribution >= 0.6 is 11.6 Å². The molecule has 3 heterocycles. The largest absolute Gasteiger partial charge is 0.360 e. The van der Waals surface area contributed by atoms with Gasteiger partial charge in [0, 0.05) is 60.8 Å². The van der Waals surface area contributed by atoms with Gasteiger partial charge >= 0.3 is 0 Å². The van der Waals surface area contributed by atoms with Gasteiger partial charge in [0.05, 0.1) is 16.8 Å². The molecule has 3 aliphatic carbocycles. The molecule has 3 aliphatic rings. The fourth-order valence-electron chi connectivity index (χ4n) is 6.00. The predicted molar refractivity (Wildman–Crippen MR) is 126 cm³/mol. The fourth-order valence-corrected chi connectivity index (χ4v) is 6.21. The molecule has 174 valence electrons. The van der Waals surface area contributed by atoms with Crippen LogP contribution in [-0.4, -0.2) is 25.2 Å². The van der Waals surface area contributed by atoms with Gasteiger partial charge in [-0.15, -0.1) is 0 Å². The van der Waals surface area contributed by atoms with E-state index in [4.69, 9.17) is 11.6 Å². The number of halogens is 2. The number of rotatable bonds is 7. The molecule has 0 unspecified atom stereocenters. The lowest BCUT2D eigenvalue weighted by Gasteiger charge is -2.71. The molecular weight excluding hydrogens is 457 g/mol. The number of carbonyl (C=O) groups excluding carboxylic acids is 1. The van der Waals surface area contributed by atoms with Crippen LogP contribution in [0.25, 0.3) is 10.9 Å². The number of benzene rings is 1. The number of hydrogen-bond donors (Lipinski definition) is 2. The molecule has 7 nitrogen and oxygen atoms in total. The summed E-state index contributed by atoms with van der Waals surface area (Å²) in [5.74, 6) is -0.708. The molecule has 3 aromatic heterocycles. The number of aromatic nitrogens is 4. The van der Waals surface area contributed by atoms with Crippen molar-refractivity contribution >= 4 is 28.4 Å². The summed E-state index contributed by atoms with van der Waals surface area (Å²) >= 11 is 6.12. The van der Waals surface area contributed by atoms with E-state index in [0.29, 0.717) is 27.1 Å². The molecule has 0 atom stereocenters. The summed E-state index contributed by atoms with van der Waals surface area (Å²) in [4.78, 5) is 27.5. The van der Waals surface area contributed by atoms with Gasteiger partial charge in [-0.05, 0) is 48.3 Å². The van der Waals surface area contributed by atoms with Gasteiger partial charge in [0.15, 0.2) is 0 Å². The quantitative estimate of drug-likeness (QED) is 0.418. The van der Waals surface area contributed by atoms with E-state index in [0.717, 1.165) is 32.4 Å². The molecule has 1 aromatic carbocycles. The van der Waals surface area contributed by atoms with E-state index in [-0.39, 0.29) is 28.8 Å². The number of fused-ring (bicyclic) bond motifs is 1. The Labute approximate surface area is 199 Å². The van der Waals surface area contributed by atoms with Gasteiger partial charge in [-0.3, -0.25) is 14.3 Å². The van der Waals surface area contributed by atoms with Gasteiger partial charge in [0.2, 0.25) is 0 Å². The Balaban J connectivity index is 1.05. The molecule has 2 N–H and O–H groups in total. The highest BCUT2D eigenvalue weighted by Crippen LogP contribution is 2.74. The topological polar surface area (TPSA) is 84.7 Å². The number of amides is 1. The second-order valence-corrected chi connectivity index (χ2v) is 10.3. The van der Waals surface area contributed by atoms with Crippen LogP contribution in [0.2, 0.25) is 5.02 Å². The number of nitrogens with one attached hydrogen (secondary N) is 2. The molecule has 0 saturated heterocycles. The maximum absolute atomic E-state index is 14.4. The summed E-state index contributed by atoms with van der Waals surface area (Å²) in [7, 11) is 0. The SMILES string of the molecule is O=C(NCc1cc2c(Cl)c[nH]c2cc1F)c1cnn(CC23CC(Cn4ccccc4=O)(C2)C3)c1. The normalized spacial score (nSPS) is 22.9. The summed E-state index contributed by atoms with van der Waals surface area (Å²) in [5.41, 5.74) is 1.88. The van der Waals surface area contributed by atoms with Crippen molar-refractivity contribution in [1.82, 2.24) is 24.6 Å². The van der Waals surface area contributed by atoms with E-state index in [1.165, 1.54) is 6.07 Å². The van der Waals surface area contributed by atoms with Crippen molar-refractivity contribution < 1.29 is 9.18 Å². The van der Waals surface area contributed by atoms with Crippen LogP contribution in [0.15, 0.2) is 59.9 Å². The van der Waals surface area contributed by atoms with Crippen LogP contribution in [-0.2, 0) is 19.6 Å². The highest BCUT2D eigenvalue weighted by Gasteiger charge is 2.67. The van der Waals surface area contributed by atoms with E-state index in [9.17, 15) is 14.0 Å². The first-order valence-corrected chi connectivity index (χ1v) is 11.6. The summed E-state index contributed by atoms with van der Waals surface area (Å²) < 4.78 is 18.0. The van der Waals surface area contributed by atoms with Gasteiger partial charge < -0.3 is 14.9 Å². The van der Waals surface area contributed by atoms with Crippen LogP contribution in [0.1, 0.15) is 35.2 Å². The average molecular weight is 480 g/mol. The average Bonchev–Trinajstić information content (AvgIpc) is 3.37. The van der Waals surface area contributed by atoms with Gasteiger partial charge in [-0.2, -0.15) is 5.10 Å². The molecule has 2 bridgehead atoms. The van der Waals surface area contributed by atoms with Crippen LogP contribution in [0, 0.1) is 16.6 Å². The number of pyridine rings is 1. The van der Waals surface area contributed by atoms with E-state index in [1.807, 2.05) is 16.9 Å². The van der Waals surface area contributed by atoms with Crippen LogP contribution in [0.4, 0.5) is 4.39 Å². The maximum Gasteiger partial charge on any atom is 0.254 e. The van der Waals surface area contributed by atoms with Crippen molar-refractivity contribution in [3.05, 3.63) is 87.4 Å². The van der Waals surface area contributed by atoms with Crippen molar-refractivity contribution in [3.8, 4) is 0 Å². The molecule has 9 heteroatoms. The van der Waals surface area contributed by atoms with Crippen LogP contribution in [0.3, 0.4) is 0 Å².